The Hall–Kier alpha value is -1.33. The van der Waals surface area contributed by atoms with Crippen LogP contribution in [0.3, 0.4) is 0 Å². The molecular formula is C13H15N3OS. The first-order valence-electron chi connectivity index (χ1n) is 6.17. The van der Waals surface area contributed by atoms with Gasteiger partial charge in [0.25, 0.3) is 5.22 Å². The monoisotopic (exact) mass is 261 g/mol. The van der Waals surface area contributed by atoms with Crippen LogP contribution in [-0.4, -0.2) is 28.5 Å². The minimum Gasteiger partial charge on any atom is -0.411 e. The summed E-state index contributed by atoms with van der Waals surface area (Å²) in [6, 6.07) is 10.4. The highest BCUT2D eigenvalue weighted by Crippen LogP contribution is 2.24. The molecule has 1 atom stereocenters. The van der Waals surface area contributed by atoms with Gasteiger partial charge in [-0.05, 0) is 31.5 Å². The molecule has 5 heteroatoms. The molecule has 0 bridgehead atoms. The molecule has 1 aliphatic rings. The molecule has 0 radical (unpaired) electrons. The van der Waals surface area contributed by atoms with E-state index in [-0.39, 0.29) is 0 Å². The first-order chi connectivity index (χ1) is 8.92. The van der Waals surface area contributed by atoms with E-state index in [9.17, 15) is 0 Å². The van der Waals surface area contributed by atoms with E-state index in [0.29, 0.717) is 17.2 Å². The van der Waals surface area contributed by atoms with Gasteiger partial charge in [0.05, 0.1) is 0 Å². The molecule has 1 fully saturated rings. The van der Waals surface area contributed by atoms with Gasteiger partial charge in [0, 0.05) is 17.4 Å². The number of hydrogen-bond donors (Lipinski definition) is 1. The lowest BCUT2D eigenvalue weighted by molar-refractivity contribution is 0.465. The summed E-state index contributed by atoms with van der Waals surface area (Å²) in [5.41, 5.74) is 0.968. The lowest BCUT2D eigenvalue weighted by Crippen LogP contribution is -2.23. The van der Waals surface area contributed by atoms with Crippen molar-refractivity contribution in [2.75, 3.05) is 12.3 Å². The van der Waals surface area contributed by atoms with E-state index in [1.54, 1.807) is 11.8 Å². The van der Waals surface area contributed by atoms with Crippen LogP contribution in [0.2, 0.25) is 0 Å². The van der Waals surface area contributed by atoms with Crippen LogP contribution in [0.4, 0.5) is 0 Å². The van der Waals surface area contributed by atoms with Gasteiger partial charge in [-0.3, -0.25) is 0 Å². The van der Waals surface area contributed by atoms with Crippen molar-refractivity contribution >= 4 is 11.8 Å². The average molecular weight is 261 g/mol. The molecule has 3 rings (SSSR count). The molecular weight excluding hydrogens is 246 g/mol. The van der Waals surface area contributed by atoms with Gasteiger partial charge in [-0.25, -0.2) is 0 Å². The zero-order chi connectivity index (χ0) is 12.2. The van der Waals surface area contributed by atoms with Crippen LogP contribution in [-0.2, 0) is 0 Å². The first kappa shape index (κ1) is 11.7. The van der Waals surface area contributed by atoms with Crippen molar-refractivity contribution in [2.45, 2.75) is 24.1 Å². The maximum atomic E-state index is 5.64. The Labute approximate surface area is 110 Å². The molecule has 1 N–H and O–H groups in total. The van der Waals surface area contributed by atoms with Crippen molar-refractivity contribution in [3.05, 3.63) is 30.3 Å². The number of nitrogens with zero attached hydrogens (tertiary/aromatic N) is 2. The van der Waals surface area contributed by atoms with Gasteiger partial charge in [0.2, 0.25) is 5.89 Å². The molecule has 1 aromatic carbocycles. The third-order valence-electron chi connectivity index (χ3n) is 3.00. The molecule has 1 saturated heterocycles. The standard InChI is InChI=1S/C13H15N3OS/c1-2-5-10(6-3-1)12-15-16-13(17-12)18-9-11-7-4-8-14-11/h1-3,5-6,11,14H,4,7-9H2. The molecule has 0 aliphatic carbocycles. The van der Waals surface area contributed by atoms with Gasteiger partial charge < -0.3 is 9.73 Å². The molecule has 4 nitrogen and oxygen atoms in total. The molecule has 0 saturated carbocycles. The zero-order valence-corrected chi connectivity index (χ0v) is 10.8. The van der Waals surface area contributed by atoms with Crippen LogP contribution < -0.4 is 5.32 Å². The Morgan fingerprint density at radius 1 is 1.28 bits per heavy atom. The molecule has 2 aromatic rings. The summed E-state index contributed by atoms with van der Waals surface area (Å²) in [5.74, 6) is 1.59. The largest absolute Gasteiger partial charge is 0.411 e. The second-order valence-corrected chi connectivity index (χ2v) is 5.31. The van der Waals surface area contributed by atoms with Gasteiger partial charge in [-0.2, -0.15) is 0 Å². The van der Waals surface area contributed by atoms with Crippen LogP contribution in [0.15, 0.2) is 40.0 Å². The van der Waals surface area contributed by atoms with E-state index in [1.807, 2.05) is 30.3 Å². The zero-order valence-electron chi connectivity index (χ0n) is 10.0. The third-order valence-corrected chi connectivity index (χ3v) is 3.98. The SMILES string of the molecule is c1ccc(-c2nnc(SCC3CCCN3)o2)cc1. The molecule has 18 heavy (non-hydrogen) atoms. The lowest BCUT2D eigenvalue weighted by Gasteiger charge is -2.06. The quantitative estimate of drug-likeness (QED) is 0.857. The highest BCUT2D eigenvalue weighted by Gasteiger charge is 2.16. The fraction of sp³-hybridized carbons (Fsp3) is 0.385. The number of nitrogens with one attached hydrogen (secondary N) is 1. The molecule has 0 spiro atoms. The number of aromatic nitrogens is 2. The van der Waals surface area contributed by atoms with Gasteiger partial charge in [-0.1, -0.05) is 30.0 Å². The van der Waals surface area contributed by atoms with Gasteiger partial charge in [0.15, 0.2) is 0 Å². The van der Waals surface area contributed by atoms with Crippen molar-refractivity contribution in [1.82, 2.24) is 15.5 Å². The highest BCUT2D eigenvalue weighted by atomic mass is 32.2. The summed E-state index contributed by atoms with van der Waals surface area (Å²) in [4.78, 5) is 0. The van der Waals surface area contributed by atoms with Crippen molar-refractivity contribution < 1.29 is 4.42 Å². The van der Waals surface area contributed by atoms with E-state index in [0.717, 1.165) is 17.9 Å². The van der Waals surface area contributed by atoms with Crippen LogP contribution >= 0.6 is 11.8 Å². The topological polar surface area (TPSA) is 51.0 Å². The summed E-state index contributed by atoms with van der Waals surface area (Å²) in [6.07, 6.45) is 2.51. The van der Waals surface area contributed by atoms with Gasteiger partial charge in [-0.15, -0.1) is 10.2 Å². The molecule has 1 aromatic heterocycles. The van der Waals surface area contributed by atoms with Crippen LogP contribution in [0.1, 0.15) is 12.8 Å². The average Bonchev–Trinajstić information content (AvgIpc) is 3.09. The van der Waals surface area contributed by atoms with Crippen molar-refractivity contribution in [1.29, 1.82) is 0 Å². The normalized spacial score (nSPS) is 19.2. The molecule has 0 amide bonds. The first-order valence-corrected chi connectivity index (χ1v) is 7.15. The summed E-state index contributed by atoms with van der Waals surface area (Å²) < 4.78 is 5.64. The number of hydrogen-bond acceptors (Lipinski definition) is 5. The Bertz CT molecular complexity index is 494. The fourth-order valence-electron chi connectivity index (χ4n) is 2.04. The van der Waals surface area contributed by atoms with Crippen molar-refractivity contribution in [3.63, 3.8) is 0 Å². The van der Waals surface area contributed by atoms with Crippen LogP contribution in [0, 0.1) is 0 Å². The fourth-order valence-corrected chi connectivity index (χ4v) is 2.90. The van der Waals surface area contributed by atoms with E-state index in [4.69, 9.17) is 4.42 Å². The van der Waals surface area contributed by atoms with E-state index < -0.39 is 0 Å². The van der Waals surface area contributed by atoms with Crippen LogP contribution in [0.25, 0.3) is 11.5 Å². The molecule has 1 aliphatic heterocycles. The molecule has 1 unspecified atom stereocenters. The third kappa shape index (κ3) is 2.73. The smallest absolute Gasteiger partial charge is 0.276 e. The predicted molar refractivity (Wildman–Crippen MR) is 71.5 cm³/mol. The summed E-state index contributed by atoms with van der Waals surface area (Å²) in [7, 11) is 0. The van der Waals surface area contributed by atoms with E-state index >= 15 is 0 Å². The predicted octanol–water partition coefficient (Wildman–Crippen LogP) is 2.58. The molecule has 2 heterocycles. The van der Waals surface area contributed by atoms with Crippen molar-refractivity contribution in [3.8, 4) is 11.5 Å². The highest BCUT2D eigenvalue weighted by molar-refractivity contribution is 7.99. The molecule has 94 valence electrons. The number of rotatable bonds is 4. The maximum absolute atomic E-state index is 5.64. The Morgan fingerprint density at radius 3 is 2.94 bits per heavy atom. The second kappa shape index (κ2) is 5.54. The Morgan fingerprint density at radius 2 is 2.17 bits per heavy atom. The summed E-state index contributed by atoms with van der Waals surface area (Å²) in [5, 5.41) is 12.3. The van der Waals surface area contributed by atoms with Crippen molar-refractivity contribution in [2.24, 2.45) is 0 Å². The number of thioether (sulfide) groups is 1. The maximum Gasteiger partial charge on any atom is 0.276 e. The minimum atomic E-state index is 0.585. The van der Waals surface area contributed by atoms with Gasteiger partial charge in [0.1, 0.15) is 0 Å². The van der Waals surface area contributed by atoms with E-state index in [2.05, 4.69) is 15.5 Å². The van der Waals surface area contributed by atoms with Crippen LogP contribution in [0.5, 0.6) is 0 Å². The lowest BCUT2D eigenvalue weighted by atomic mass is 10.2. The van der Waals surface area contributed by atoms with Gasteiger partial charge >= 0.3 is 0 Å². The Balaban J connectivity index is 1.63. The number of benzene rings is 1. The minimum absolute atomic E-state index is 0.585. The van der Waals surface area contributed by atoms with E-state index in [1.165, 1.54) is 12.8 Å². The Kier molecular flexibility index (Phi) is 3.61. The second-order valence-electron chi connectivity index (χ2n) is 4.34. The summed E-state index contributed by atoms with van der Waals surface area (Å²) in [6.45, 7) is 1.13. The summed E-state index contributed by atoms with van der Waals surface area (Å²) >= 11 is 1.63.